The second kappa shape index (κ2) is 6.19. The molecule has 0 fully saturated rings. The quantitative estimate of drug-likeness (QED) is 0.803. The molecule has 100 valence electrons. The Morgan fingerprint density at radius 3 is 2.74 bits per heavy atom. The summed E-state index contributed by atoms with van der Waals surface area (Å²) in [7, 11) is -3.86. The molecule has 0 amide bonds. The Morgan fingerprint density at radius 2 is 2.21 bits per heavy atom. The van der Waals surface area contributed by atoms with Crippen LogP contribution in [0.3, 0.4) is 0 Å². The molecular weight excluding hydrogens is 271 g/mol. The van der Waals surface area contributed by atoms with Gasteiger partial charge in [0.1, 0.15) is 12.4 Å². The van der Waals surface area contributed by atoms with Gasteiger partial charge in [-0.05, 0) is 25.1 Å². The van der Waals surface area contributed by atoms with E-state index in [1.54, 1.807) is 6.07 Å². The number of hydrogen-bond acceptors (Lipinski definition) is 4. The van der Waals surface area contributed by atoms with Crippen LogP contribution < -0.4 is 4.72 Å². The molecule has 1 aromatic carbocycles. The number of aliphatic hydroxyl groups excluding tert-OH is 1. The first-order chi connectivity index (χ1) is 8.90. The Hall–Kier alpha value is -2.09. The summed E-state index contributed by atoms with van der Waals surface area (Å²) >= 11 is 0. The van der Waals surface area contributed by atoms with E-state index in [-0.39, 0.29) is 11.3 Å². The molecule has 1 unspecified atom stereocenters. The molecule has 1 aromatic rings. The van der Waals surface area contributed by atoms with Crippen LogP contribution >= 0.6 is 0 Å². The molecule has 0 spiro atoms. The SMILES string of the molecule is CC(C#N)S(=O)(=O)Nc1ccc(C#CCO)c(F)c1. The summed E-state index contributed by atoms with van der Waals surface area (Å²) in [4.78, 5) is 0. The van der Waals surface area contributed by atoms with Crippen LogP contribution in [0.2, 0.25) is 0 Å². The highest BCUT2D eigenvalue weighted by atomic mass is 32.2. The van der Waals surface area contributed by atoms with Crippen molar-refractivity contribution in [2.75, 3.05) is 11.3 Å². The summed E-state index contributed by atoms with van der Waals surface area (Å²) < 4.78 is 38.8. The zero-order chi connectivity index (χ0) is 14.5. The first-order valence-corrected chi connectivity index (χ1v) is 6.76. The van der Waals surface area contributed by atoms with E-state index in [1.807, 2.05) is 0 Å². The summed E-state index contributed by atoms with van der Waals surface area (Å²) in [6.07, 6.45) is 0. The van der Waals surface area contributed by atoms with Gasteiger partial charge in [-0.3, -0.25) is 4.72 Å². The maximum atomic E-state index is 13.5. The van der Waals surface area contributed by atoms with Crippen molar-refractivity contribution in [2.24, 2.45) is 0 Å². The average Bonchev–Trinajstić information content (AvgIpc) is 2.36. The predicted octanol–water partition coefficient (Wildman–Crippen LogP) is 0.823. The Morgan fingerprint density at radius 1 is 1.53 bits per heavy atom. The van der Waals surface area contributed by atoms with E-state index in [4.69, 9.17) is 10.4 Å². The van der Waals surface area contributed by atoms with Crippen molar-refractivity contribution in [3.8, 4) is 17.9 Å². The van der Waals surface area contributed by atoms with Gasteiger partial charge in [0.15, 0.2) is 5.25 Å². The number of halogens is 1. The molecule has 7 heteroatoms. The zero-order valence-electron chi connectivity index (χ0n) is 10.0. The molecule has 0 saturated carbocycles. The fraction of sp³-hybridized carbons (Fsp3) is 0.250. The Balaban J connectivity index is 3.01. The summed E-state index contributed by atoms with van der Waals surface area (Å²) in [5.41, 5.74) is 0.0551. The topological polar surface area (TPSA) is 90.2 Å². The van der Waals surface area contributed by atoms with Gasteiger partial charge in [0.25, 0.3) is 0 Å². The van der Waals surface area contributed by atoms with Crippen molar-refractivity contribution in [3.63, 3.8) is 0 Å². The van der Waals surface area contributed by atoms with E-state index >= 15 is 0 Å². The van der Waals surface area contributed by atoms with Gasteiger partial charge in [0.05, 0.1) is 17.3 Å². The van der Waals surface area contributed by atoms with Crippen LogP contribution in [0, 0.1) is 29.0 Å². The van der Waals surface area contributed by atoms with Crippen LogP contribution in [0.25, 0.3) is 0 Å². The molecule has 2 N–H and O–H groups in total. The number of nitrogens with zero attached hydrogens (tertiary/aromatic N) is 1. The highest BCUT2D eigenvalue weighted by Crippen LogP contribution is 2.16. The number of nitrogens with one attached hydrogen (secondary N) is 1. The lowest BCUT2D eigenvalue weighted by Crippen LogP contribution is -2.23. The van der Waals surface area contributed by atoms with Crippen LogP contribution in [0.1, 0.15) is 12.5 Å². The van der Waals surface area contributed by atoms with Gasteiger partial charge in [-0.25, -0.2) is 12.8 Å². The summed E-state index contributed by atoms with van der Waals surface area (Å²) in [5.74, 6) is 3.95. The van der Waals surface area contributed by atoms with E-state index in [1.165, 1.54) is 19.1 Å². The number of benzene rings is 1. The first kappa shape index (κ1) is 15.0. The van der Waals surface area contributed by atoms with Gasteiger partial charge in [-0.1, -0.05) is 11.8 Å². The van der Waals surface area contributed by atoms with Gasteiger partial charge in [0, 0.05) is 0 Å². The third-order valence-electron chi connectivity index (χ3n) is 2.18. The smallest absolute Gasteiger partial charge is 0.248 e. The fourth-order valence-corrected chi connectivity index (χ4v) is 1.91. The van der Waals surface area contributed by atoms with Crippen molar-refractivity contribution in [3.05, 3.63) is 29.6 Å². The number of nitriles is 1. The third kappa shape index (κ3) is 3.95. The van der Waals surface area contributed by atoms with E-state index in [2.05, 4.69) is 16.6 Å². The van der Waals surface area contributed by atoms with Gasteiger partial charge < -0.3 is 5.11 Å². The summed E-state index contributed by atoms with van der Waals surface area (Å²) in [5, 5.41) is 15.8. The minimum Gasteiger partial charge on any atom is -0.384 e. The van der Waals surface area contributed by atoms with Gasteiger partial charge in [-0.2, -0.15) is 5.26 Å². The molecular formula is C12H11FN2O3S. The van der Waals surface area contributed by atoms with E-state index in [9.17, 15) is 12.8 Å². The van der Waals surface area contributed by atoms with Gasteiger partial charge in [-0.15, -0.1) is 0 Å². The molecule has 19 heavy (non-hydrogen) atoms. The maximum absolute atomic E-state index is 13.5. The van der Waals surface area contributed by atoms with E-state index in [0.717, 1.165) is 6.07 Å². The van der Waals surface area contributed by atoms with Crippen molar-refractivity contribution in [1.29, 1.82) is 5.26 Å². The predicted molar refractivity (Wildman–Crippen MR) is 68.0 cm³/mol. The van der Waals surface area contributed by atoms with Crippen LogP contribution in [-0.4, -0.2) is 25.4 Å². The van der Waals surface area contributed by atoms with Gasteiger partial charge >= 0.3 is 0 Å². The molecule has 0 aliphatic rings. The Bertz CT molecular complexity index is 668. The maximum Gasteiger partial charge on any atom is 0.248 e. The molecule has 0 heterocycles. The van der Waals surface area contributed by atoms with Crippen LogP contribution in [0.4, 0.5) is 10.1 Å². The molecule has 0 radical (unpaired) electrons. The summed E-state index contributed by atoms with van der Waals surface area (Å²) in [6.45, 7) is 0.827. The molecule has 0 bridgehead atoms. The van der Waals surface area contributed by atoms with Crippen molar-refractivity contribution in [1.82, 2.24) is 0 Å². The van der Waals surface area contributed by atoms with Crippen molar-refractivity contribution in [2.45, 2.75) is 12.2 Å². The molecule has 0 aliphatic carbocycles. The first-order valence-electron chi connectivity index (χ1n) is 5.21. The van der Waals surface area contributed by atoms with E-state index in [0.29, 0.717) is 0 Å². The lowest BCUT2D eigenvalue weighted by Gasteiger charge is -2.09. The van der Waals surface area contributed by atoms with Crippen molar-refractivity contribution < 1.29 is 17.9 Å². The monoisotopic (exact) mass is 282 g/mol. The minimum atomic E-state index is -3.86. The number of hydrogen-bond donors (Lipinski definition) is 2. The van der Waals surface area contributed by atoms with Crippen LogP contribution in [-0.2, 0) is 10.0 Å². The van der Waals surface area contributed by atoms with E-state index < -0.39 is 27.7 Å². The van der Waals surface area contributed by atoms with Crippen LogP contribution in [0.15, 0.2) is 18.2 Å². The Kier molecular flexibility index (Phi) is 4.87. The fourth-order valence-electron chi connectivity index (χ4n) is 1.14. The number of sulfonamides is 1. The molecule has 0 saturated heterocycles. The van der Waals surface area contributed by atoms with Gasteiger partial charge in [0.2, 0.25) is 10.0 Å². The lowest BCUT2D eigenvalue weighted by atomic mass is 10.2. The standard InChI is InChI=1S/C12H11FN2O3S/c1-9(8-14)19(17,18)15-11-5-4-10(3-2-6-16)12(13)7-11/h4-5,7,9,15-16H,6H2,1H3. The number of anilines is 1. The van der Waals surface area contributed by atoms with Crippen LogP contribution in [0.5, 0.6) is 0 Å². The number of aliphatic hydroxyl groups is 1. The second-order valence-electron chi connectivity index (χ2n) is 3.57. The Labute approximate surface area is 110 Å². The molecule has 0 aliphatic heterocycles. The lowest BCUT2D eigenvalue weighted by molar-refractivity contribution is 0.350. The molecule has 1 atom stereocenters. The minimum absolute atomic E-state index is 0.00847. The highest BCUT2D eigenvalue weighted by Gasteiger charge is 2.20. The average molecular weight is 282 g/mol. The normalized spacial score (nSPS) is 11.9. The largest absolute Gasteiger partial charge is 0.384 e. The number of rotatable bonds is 3. The molecule has 1 rings (SSSR count). The summed E-state index contributed by atoms with van der Waals surface area (Å²) in [6, 6.07) is 5.16. The zero-order valence-corrected chi connectivity index (χ0v) is 10.8. The molecule has 0 aromatic heterocycles. The third-order valence-corrected chi connectivity index (χ3v) is 3.74. The highest BCUT2D eigenvalue weighted by molar-refractivity contribution is 7.93. The van der Waals surface area contributed by atoms with Crippen molar-refractivity contribution >= 4 is 15.7 Å². The second-order valence-corrected chi connectivity index (χ2v) is 5.57. The molecule has 5 nitrogen and oxygen atoms in total.